The van der Waals surface area contributed by atoms with E-state index >= 15 is 0 Å². The van der Waals surface area contributed by atoms with Crippen LogP contribution in [0.1, 0.15) is 4.88 Å². The molecule has 2 N–H and O–H groups in total. The van der Waals surface area contributed by atoms with Crippen LogP contribution in [0, 0.1) is 0 Å². The summed E-state index contributed by atoms with van der Waals surface area (Å²) in [7, 11) is -3.42. The first-order valence-corrected chi connectivity index (χ1v) is 7.64. The van der Waals surface area contributed by atoms with Crippen LogP contribution >= 0.6 is 22.7 Å². The van der Waals surface area contributed by atoms with Crippen LogP contribution < -0.4 is 5.14 Å². The van der Waals surface area contributed by atoms with Crippen molar-refractivity contribution in [2.45, 2.75) is 5.75 Å². The zero-order valence-corrected chi connectivity index (χ0v) is 10.2. The molecular formula is C9H9NO2S3. The average Bonchev–Trinajstić information content (AvgIpc) is 2.68. The lowest BCUT2D eigenvalue weighted by molar-refractivity contribution is 0.597. The van der Waals surface area contributed by atoms with E-state index in [2.05, 4.69) is 0 Å². The lowest BCUT2D eigenvalue weighted by Crippen LogP contribution is -2.13. The largest absolute Gasteiger partial charge is 0.228 e. The predicted molar refractivity (Wildman–Crippen MR) is 64.4 cm³/mol. The van der Waals surface area contributed by atoms with Gasteiger partial charge in [-0.3, -0.25) is 0 Å². The molecule has 2 rings (SSSR count). The highest BCUT2D eigenvalue weighted by molar-refractivity contribution is 7.88. The molecule has 0 aliphatic rings. The topological polar surface area (TPSA) is 60.2 Å². The molecule has 0 amide bonds. The maximum Gasteiger partial charge on any atom is 0.214 e. The summed E-state index contributed by atoms with van der Waals surface area (Å²) in [6, 6.07) is 5.85. The minimum Gasteiger partial charge on any atom is -0.228 e. The van der Waals surface area contributed by atoms with E-state index in [9.17, 15) is 8.42 Å². The Morgan fingerprint density at radius 3 is 2.73 bits per heavy atom. The minimum absolute atomic E-state index is 0.0803. The third kappa shape index (κ3) is 2.88. The van der Waals surface area contributed by atoms with Crippen molar-refractivity contribution in [3.8, 4) is 10.4 Å². The summed E-state index contributed by atoms with van der Waals surface area (Å²) in [6.07, 6.45) is 0. The van der Waals surface area contributed by atoms with Crippen LogP contribution in [0.5, 0.6) is 0 Å². The molecule has 0 atom stereocenters. The number of nitrogens with two attached hydrogens (primary N) is 1. The fourth-order valence-corrected chi connectivity index (χ4v) is 3.93. The van der Waals surface area contributed by atoms with Gasteiger partial charge in [-0.1, -0.05) is 6.07 Å². The van der Waals surface area contributed by atoms with Gasteiger partial charge >= 0.3 is 0 Å². The first-order valence-electron chi connectivity index (χ1n) is 4.16. The van der Waals surface area contributed by atoms with Gasteiger partial charge in [0.05, 0.1) is 5.75 Å². The number of hydrogen-bond donors (Lipinski definition) is 1. The van der Waals surface area contributed by atoms with Crippen molar-refractivity contribution in [2.75, 3.05) is 0 Å². The smallest absolute Gasteiger partial charge is 0.214 e. The summed E-state index contributed by atoms with van der Waals surface area (Å²) in [5, 5.41) is 8.92. The maximum atomic E-state index is 10.9. The molecule has 0 bridgehead atoms. The first kappa shape index (κ1) is 10.8. The average molecular weight is 259 g/mol. The van der Waals surface area contributed by atoms with Crippen LogP contribution in [0.2, 0.25) is 0 Å². The number of rotatable bonds is 3. The molecule has 2 aromatic heterocycles. The van der Waals surface area contributed by atoms with Gasteiger partial charge in [-0.05, 0) is 22.9 Å². The Kier molecular flexibility index (Phi) is 2.92. The molecule has 15 heavy (non-hydrogen) atoms. The lowest BCUT2D eigenvalue weighted by atomic mass is 10.3. The Hall–Kier alpha value is -0.690. The Morgan fingerprint density at radius 1 is 1.33 bits per heavy atom. The summed E-state index contributed by atoms with van der Waals surface area (Å²) in [6.45, 7) is 0. The van der Waals surface area contributed by atoms with E-state index < -0.39 is 10.0 Å². The van der Waals surface area contributed by atoms with Crippen molar-refractivity contribution in [1.82, 2.24) is 0 Å². The zero-order valence-electron chi connectivity index (χ0n) is 7.71. The van der Waals surface area contributed by atoms with E-state index in [1.54, 1.807) is 11.3 Å². The van der Waals surface area contributed by atoms with E-state index in [1.807, 2.05) is 29.0 Å². The van der Waals surface area contributed by atoms with Gasteiger partial charge < -0.3 is 0 Å². The van der Waals surface area contributed by atoms with Gasteiger partial charge in [-0.15, -0.1) is 22.7 Å². The molecule has 0 aliphatic carbocycles. The van der Waals surface area contributed by atoms with Crippen molar-refractivity contribution in [2.24, 2.45) is 5.14 Å². The molecule has 6 heteroatoms. The standard InChI is InChI=1S/C9H9NO2S3/c10-15(11,12)6-8-4-7(5-14-8)9-2-1-3-13-9/h1-5H,6H2,(H2,10,11,12). The predicted octanol–water partition coefficient (Wildman–Crippen LogP) is 2.27. The lowest BCUT2D eigenvalue weighted by Gasteiger charge is -1.92. The third-order valence-electron chi connectivity index (χ3n) is 1.80. The Bertz CT molecular complexity index is 540. The van der Waals surface area contributed by atoms with Gasteiger partial charge in [0.2, 0.25) is 10.0 Å². The molecule has 80 valence electrons. The second kappa shape index (κ2) is 4.05. The second-order valence-electron chi connectivity index (χ2n) is 3.09. The van der Waals surface area contributed by atoms with Gasteiger partial charge in [-0.25, -0.2) is 13.6 Å². The molecule has 0 aromatic carbocycles. The Balaban J connectivity index is 2.25. The molecule has 0 fully saturated rings. The second-order valence-corrected chi connectivity index (χ2v) is 6.64. The molecule has 0 saturated heterocycles. The van der Waals surface area contributed by atoms with Gasteiger partial charge in [0.15, 0.2) is 0 Å². The van der Waals surface area contributed by atoms with Crippen molar-refractivity contribution >= 4 is 32.7 Å². The number of hydrogen-bond acceptors (Lipinski definition) is 4. The highest BCUT2D eigenvalue weighted by Gasteiger charge is 2.09. The van der Waals surface area contributed by atoms with E-state index in [0.717, 1.165) is 15.3 Å². The normalized spacial score (nSPS) is 11.8. The van der Waals surface area contributed by atoms with Crippen LogP contribution in [0.3, 0.4) is 0 Å². The van der Waals surface area contributed by atoms with Gasteiger partial charge in [0.1, 0.15) is 0 Å². The molecule has 0 radical (unpaired) electrons. The molecule has 0 spiro atoms. The summed E-state index contributed by atoms with van der Waals surface area (Å²) in [5.41, 5.74) is 1.06. The zero-order chi connectivity index (χ0) is 10.9. The van der Waals surface area contributed by atoms with Crippen molar-refractivity contribution in [3.05, 3.63) is 33.8 Å². The number of primary sulfonamides is 1. The molecule has 0 saturated carbocycles. The summed E-state index contributed by atoms with van der Waals surface area (Å²) >= 11 is 3.06. The quantitative estimate of drug-likeness (QED) is 0.919. The monoisotopic (exact) mass is 259 g/mol. The Labute approximate surface area is 96.2 Å². The molecule has 3 nitrogen and oxygen atoms in total. The van der Waals surface area contributed by atoms with Crippen molar-refractivity contribution in [1.29, 1.82) is 0 Å². The number of sulfonamides is 1. The van der Waals surface area contributed by atoms with E-state index in [0.29, 0.717) is 0 Å². The van der Waals surface area contributed by atoms with Gasteiger partial charge in [0.25, 0.3) is 0 Å². The van der Waals surface area contributed by atoms with Gasteiger partial charge in [0, 0.05) is 15.3 Å². The minimum atomic E-state index is -3.42. The molecule has 2 heterocycles. The fourth-order valence-electron chi connectivity index (χ4n) is 1.23. The third-order valence-corrected chi connectivity index (χ3v) is 4.55. The summed E-state index contributed by atoms with van der Waals surface area (Å²) < 4.78 is 21.8. The Morgan fingerprint density at radius 2 is 2.13 bits per heavy atom. The molecule has 2 aromatic rings. The van der Waals surface area contributed by atoms with Gasteiger partial charge in [-0.2, -0.15) is 0 Å². The van der Waals surface area contributed by atoms with Crippen molar-refractivity contribution in [3.63, 3.8) is 0 Å². The van der Waals surface area contributed by atoms with Crippen molar-refractivity contribution < 1.29 is 8.42 Å². The van der Waals surface area contributed by atoms with Crippen LogP contribution in [0.4, 0.5) is 0 Å². The molecule has 0 aliphatic heterocycles. The highest BCUT2D eigenvalue weighted by atomic mass is 32.2. The first-order chi connectivity index (χ1) is 7.04. The molecular weight excluding hydrogens is 250 g/mol. The van der Waals surface area contributed by atoms with E-state index in [1.165, 1.54) is 11.3 Å². The van der Waals surface area contributed by atoms with Crippen LogP contribution in [0.25, 0.3) is 10.4 Å². The van der Waals surface area contributed by atoms with Crippen LogP contribution in [-0.4, -0.2) is 8.42 Å². The highest BCUT2D eigenvalue weighted by Crippen LogP contribution is 2.29. The SMILES string of the molecule is NS(=O)(=O)Cc1cc(-c2cccs2)cs1. The van der Waals surface area contributed by atoms with Crippen LogP contribution in [-0.2, 0) is 15.8 Å². The maximum absolute atomic E-state index is 10.9. The summed E-state index contributed by atoms with van der Waals surface area (Å²) in [4.78, 5) is 1.92. The molecule has 0 unspecified atom stereocenters. The fraction of sp³-hybridized carbons (Fsp3) is 0.111. The van der Waals surface area contributed by atoms with Crippen LogP contribution in [0.15, 0.2) is 29.0 Å². The van der Waals surface area contributed by atoms with E-state index in [4.69, 9.17) is 5.14 Å². The number of thiophene rings is 2. The van der Waals surface area contributed by atoms with E-state index in [-0.39, 0.29) is 5.75 Å². The summed E-state index contributed by atoms with van der Waals surface area (Å²) in [5.74, 6) is -0.0803.